The number of nitrogens with zero attached hydrogens (tertiary/aromatic N) is 1. The molecule has 0 atom stereocenters. The van der Waals surface area contributed by atoms with Gasteiger partial charge in [0.2, 0.25) is 0 Å². The van der Waals surface area contributed by atoms with E-state index in [1.807, 2.05) is 34.3 Å². The zero-order valence-corrected chi connectivity index (χ0v) is 20.0. The van der Waals surface area contributed by atoms with Crippen molar-refractivity contribution in [1.29, 1.82) is 0 Å². The van der Waals surface area contributed by atoms with Crippen molar-refractivity contribution < 1.29 is 0 Å². The maximum Gasteiger partial charge on any atom is 0.0795 e. The number of fused-ring (bicyclic) bond motifs is 5. The van der Waals surface area contributed by atoms with Gasteiger partial charge in [-0.2, -0.15) is 0 Å². The highest BCUT2D eigenvalue weighted by molar-refractivity contribution is 8.02. The van der Waals surface area contributed by atoms with Crippen LogP contribution in [0.25, 0.3) is 41.5 Å². The van der Waals surface area contributed by atoms with E-state index in [4.69, 9.17) is 4.98 Å². The third-order valence-corrected chi connectivity index (χ3v) is 8.50. The summed E-state index contributed by atoms with van der Waals surface area (Å²) < 4.78 is 3.99. The molecule has 0 N–H and O–H groups in total. The molecule has 5 aromatic rings. The van der Waals surface area contributed by atoms with E-state index in [2.05, 4.69) is 76.1 Å². The summed E-state index contributed by atoms with van der Waals surface area (Å²) in [5.41, 5.74) is 4.99. The van der Waals surface area contributed by atoms with Crippen LogP contribution in [0.3, 0.4) is 0 Å². The number of hydrogen-bond donors (Lipinski definition) is 0. The van der Waals surface area contributed by atoms with Crippen LogP contribution in [0.1, 0.15) is 31.9 Å². The van der Waals surface area contributed by atoms with Crippen molar-refractivity contribution in [2.45, 2.75) is 38.0 Å². The van der Waals surface area contributed by atoms with Crippen molar-refractivity contribution in [3.8, 4) is 11.3 Å². The lowest BCUT2D eigenvalue weighted by Gasteiger charge is -2.23. The Morgan fingerprint density at radius 2 is 1.73 bits per heavy atom. The molecule has 0 unspecified atom stereocenters. The van der Waals surface area contributed by atoms with Gasteiger partial charge in [0.15, 0.2) is 0 Å². The Kier molecular flexibility index (Phi) is 4.77. The average molecular weight is 446 g/mol. The molecule has 150 valence electrons. The van der Waals surface area contributed by atoms with Crippen LogP contribution >= 0.6 is 34.4 Å². The van der Waals surface area contributed by atoms with Gasteiger partial charge in [0, 0.05) is 46.9 Å². The molecule has 1 nitrogen and oxygen atoms in total. The zero-order valence-electron chi connectivity index (χ0n) is 17.6. The van der Waals surface area contributed by atoms with Gasteiger partial charge in [-0.1, -0.05) is 45.2 Å². The van der Waals surface area contributed by atoms with E-state index < -0.39 is 0 Å². The average Bonchev–Trinajstić information content (AvgIpc) is 3.27. The second kappa shape index (κ2) is 7.23. The number of thiophene rings is 2. The monoisotopic (exact) mass is 445 g/mol. The molecule has 0 saturated carbocycles. The summed E-state index contributed by atoms with van der Waals surface area (Å²) in [7, 11) is 0. The predicted octanol–water partition coefficient (Wildman–Crippen LogP) is 9.17. The molecular weight excluding hydrogens is 422 g/mol. The second-order valence-corrected chi connectivity index (χ2v) is 11.6. The van der Waals surface area contributed by atoms with Crippen LogP contribution in [-0.2, 0) is 5.41 Å². The summed E-state index contributed by atoms with van der Waals surface area (Å²) in [5, 5.41) is 8.20. The van der Waals surface area contributed by atoms with Gasteiger partial charge < -0.3 is 0 Å². The number of rotatable bonds is 3. The predicted molar refractivity (Wildman–Crippen MR) is 137 cm³/mol. The molecule has 0 spiro atoms. The molecule has 0 aliphatic carbocycles. The molecule has 0 radical (unpaired) electrons. The van der Waals surface area contributed by atoms with Gasteiger partial charge in [-0.15, -0.1) is 22.7 Å². The van der Waals surface area contributed by atoms with Crippen molar-refractivity contribution >= 4 is 64.7 Å². The Labute approximate surface area is 189 Å². The van der Waals surface area contributed by atoms with E-state index in [-0.39, 0.29) is 5.41 Å². The first-order valence-electron chi connectivity index (χ1n) is 9.99. The smallest absolute Gasteiger partial charge is 0.0795 e. The molecule has 0 amide bonds. The molecule has 0 saturated heterocycles. The maximum atomic E-state index is 4.90. The summed E-state index contributed by atoms with van der Waals surface area (Å²) in [5.74, 6) is 0. The Hall–Kier alpha value is -2.14. The minimum Gasteiger partial charge on any atom is -0.256 e. The summed E-state index contributed by atoms with van der Waals surface area (Å²) in [6.07, 6.45) is 1.95. The van der Waals surface area contributed by atoms with Crippen LogP contribution in [0.4, 0.5) is 0 Å². The fourth-order valence-corrected chi connectivity index (χ4v) is 7.04. The van der Waals surface area contributed by atoms with E-state index in [9.17, 15) is 0 Å². The largest absolute Gasteiger partial charge is 0.256 e. The van der Waals surface area contributed by atoms with Crippen LogP contribution in [-0.4, -0.2) is 4.98 Å². The third kappa shape index (κ3) is 3.09. The van der Waals surface area contributed by atoms with Crippen molar-refractivity contribution in [2.75, 3.05) is 0 Å². The van der Waals surface area contributed by atoms with Crippen LogP contribution in [0, 0.1) is 6.92 Å². The molecule has 3 aromatic heterocycles. The fraction of sp³-hybridized carbons (Fsp3) is 0.192. The Morgan fingerprint density at radius 3 is 2.50 bits per heavy atom. The number of thioether (sulfide) groups is 1. The summed E-state index contributed by atoms with van der Waals surface area (Å²) in [6.45, 7) is 12.9. The first-order valence-corrected chi connectivity index (χ1v) is 12.6. The second-order valence-electron chi connectivity index (χ2n) is 8.61. The van der Waals surface area contributed by atoms with Crippen LogP contribution in [0.15, 0.2) is 64.9 Å². The lowest BCUT2D eigenvalue weighted by atomic mass is 9.85. The van der Waals surface area contributed by atoms with Gasteiger partial charge in [-0.3, -0.25) is 4.98 Å². The van der Waals surface area contributed by atoms with Gasteiger partial charge in [0.1, 0.15) is 0 Å². The summed E-state index contributed by atoms with van der Waals surface area (Å²) in [6, 6.07) is 13.5. The van der Waals surface area contributed by atoms with Crippen molar-refractivity contribution in [3.63, 3.8) is 0 Å². The molecule has 0 fully saturated rings. The van der Waals surface area contributed by atoms with Crippen LogP contribution < -0.4 is 0 Å². The number of benzene rings is 2. The normalized spacial score (nSPS) is 12.3. The maximum absolute atomic E-state index is 4.90. The van der Waals surface area contributed by atoms with Gasteiger partial charge in [0.05, 0.1) is 5.69 Å². The molecule has 2 aromatic carbocycles. The van der Waals surface area contributed by atoms with Gasteiger partial charge in [-0.05, 0) is 64.6 Å². The molecule has 0 aliphatic heterocycles. The van der Waals surface area contributed by atoms with Crippen molar-refractivity contribution in [2.24, 2.45) is 0 Å². The number of aromatic nitrogens is 1. The first kappa shape index (κ1) is 19.8. The van der Waals surface area contributed by atoms with Crippen LogP contribution in [0.5, 0.6) is 0 Å². The lowest BCUT2D eigenvalue weighted by Crippen LogP contribution is -2.12. The topological polar surface area (TPSA) is 12.9 Å². The summed E-state index contributed by atoms with van der Waals surface area (Å²) >= 11 is 5.39. The summed E-state index contributed by atoms with van der Waals surface area (Å²) in [4.78, 5) is 6.17. The highest BCUT2D eigenvalue weighted by atomic mass is 32.2. The first-order chi connectivity index (χ1) is 14.4. The standard InChI is InChI=1S/C26H23NS3/c1-6-28-18-8-7-16(13-17(18)26(3,4)5)25-24-21(11-12-27-25)30-20-10-9-19-22(23(20)24)15(2)14-29-19/h6-14H,1H2,2-5H3. The molecule has 4 heteroatoms. The van der Waals surface area contributed by atoms with Crippen LogP contribution in [0.2, 0.25) is 0 Å². The molecule has 30 heavy (non-hydrogen) atoms. The van der Waals surface area contributed by atoms with E-state index in [0.29, 0.717) is 0 Å². The third-order valence-electron chi connectivity index (χ3n) is 5.54. The van der Waals surface area contributed by atoms with Gasteiger partial charge >= 0.3 is 0 Å². The van der Waals surface area contributed by atoms with Gasteiger partial charge in [0.25, 0.3) is 0 Å². The molecule has 0 bridgehead atoms. The van der Waals surface area contributed by atoms with E-state index in [1.54, 1.807) is 11.8 Å². The minimum atomic E-state index is 0.0448. The molecule has 5 rings (SSSR count). The number of hydrogen-bond acceptors (Lipinski definition) is 4. The SMILES string of the molecule is C=CSc1ccc(-c2nccc3sc4ccc5scc(C)c5c4c23)cc1C(C)(C)C. The van der Waals surface area contributed by atoms with Crippen molar-refractivity contribution in [1.82, 2.24) is 4.98 Å². The highest BCUT2D eigenvalue weighted by Crippen LogP contribution is 2.45. The van der Waals surface area contributed by atoms with E-state index in [1.165, 1.54) is 51.8 Å². The minimum absolute atomic E-state index is 0.0448. The molecule has 3 heterocycles. The Bertz CT molecular complexity index is 1430. The fourth-order valence-electron chi connectivity index (χ4n) is 4.16. The molecular formula is C26H23NS3. The van der Waals surface area contributed by atoms with Crippen molar-refractivity contribution in [3.05, 3.63) is 71.1 Å². The van der Waals surface area contributed by atoms with E-state index in [0.717, 1.165) is 5.69 Å². The molecule has 0 aliphatic rings. The quantitative estimate of drug-likeness (QED) is 0.257. The van der Waals surface area contributed by atoms with E-state index >= 15 is 0 Å². The lowest BCUT2D eigenvalue weighted by molar-refractivity contribution is 0.578. The zero-order chi connectivity index (χ0) is 21.0. The highest BCUT2D eigenvalue weighted by Gasteiger charge is 2.21. The Morgan fingerprint density at radius 1 is 0.967 bits per heavy atom. The number of pyridine rings is 1. The number of aryl methyl sites for hydroxylation is 1. The van der Waals surface area contributed by atoms with Gasteiger partial charge in [-0.25, -0.2) is 0 Å². The Balaban J connectivity index is 1.87.